The van der Waals surface area contributed by atoms with Crippen LogP contribution in [0.25, 0.3) is 0 Å². The molecule has 2 rings (SSSR count). The van der Waals surface area contributed by atoms with Crippen LogP contribution in [-0.4, -0.2) is 29.5 Å². The lowest BCUT2D eigenvalue weighted by Crippen LogP contribution is -2.15. The highest BCUT2D eigenvalue weighted by molar-refractivity contribution is 6.32. The van der Waals surface area contributed by atoms with Crippen molar-refractivity contribution in [2.45, 2.75) is 19.8 Å². The number of rotatable bonds is 7. The summed E-state index contributed by atoms with van der Waals surface area (Å²) >= 11 is 6.04. The number of benzene rings is 1. The van der Waals surface area contributed by atoms with Crippen LogP contribution in [0.2, 0.25) is 5.02 Å². The Labute approximate surface area is 140 Å². The molecule has 7 heteroatoms. The molecule has 23 heavy (non-hydrogen) atoms. The van der Waals surface area contributed by atoms with Gasteiger partial charge in [-0.3, -0.25) is 4.79 Å². The summed E-state index contributed by atoms with van der Waals surface area (Å²) in [7, 11) is 1.54. The molecular formula is C16H19ClN4O2. The topological polar surface area (TPSA) is 76.1 Å². The Bertz CT molecular complexity index is 679. The van der Waals surface area contributed by atoms with Crippen LogP contribution < -0.4 is 15.4 Å². The standard InChI is InChI=1S/C16H19ClN4O2/c1-3-4-7-18-15-9-13(19-10-20-15)16(22)21-11-5-6-14(23-2)12(17)8-11/h5-6,8-10H,3-4,7H2,1-2H3,(H,21,22)(H,18,19,20). The monoisotopic (exact) mass is 334 g/mol. The van der Waals surface area contributed by atoms with Crippen molar-refractivity contribution in [2.75, 3.05) is 24.3 Å². The Morgan fingerprint density at radius 1 is 1.30 bits per heavy atom. The van der Waals surface area contributed by atoms with Gasteiger partial charge in [-0.2, -0.15) is 0 Å². The van der Waals surface area contributed by atoms with Crippen molar-refractivity contribution in [3.8, 4) is 5.75 Å². The molecule has 0 aliphatic heterocycles. The van der Waals surface area contributed by atoms with Crippen LogP contribution in [0.5, 0.6) is 5.75 Å². The first kappa shape index (κ1) is 17.0. The predicted molar refractivity (Wildman–Crippen MR) is 91.4 cm³/mol. The predicted octanol–water partition coefficient (Wildman–Crippen LogP) is 3.60. The largest absolute Gasteiger partial charge is 0.495 e. The fourth-order valence-electron chi connectivity index (χ4n) is 1.91. The number of anilines is 2. The van der Waals surface area contributed by atoms with Gasteiger partial charge in [0.25, 0.3) is 5.91 Å². The summed E-state index contributed by atoms with van der Waals surface area (Å²) in [5, 5.41) is 6.33. The number of unbranched alkanes of at least 4 members (excludes halogenated alkanes) is 1. The van der Waals surface area contributed by atoms with Gasteiger partial charge >= 0.3 is 0 Å². The SMILES string of the molecule is CCCCNc1cc(C(=O)Nc2ccc(OC)c(Cl)c2)ncn1. The Morgan fingerprint density at radius 2 is 2.13 bits per heavy atom. The summed E-state index contributed by atoms with van der Waals surface area (Å²) in [6, 6.07) is 6.65. The number of hydrogen-bond acceptors (Lipinski definition) is 5. The van der Waals surface area contributed by atoms with E-state index in [1.807, 2.05) is 0 Å². The van der Waals surface area contributed by atoms with Crippen LogP contribution in [0.1, 0.15) is 30.3 Å². The summed E-state index contributed by atoms with van der Waals surface area (Å²) in [6.45, 7) is 2.92. The number of ether oxygens (including phenoxy) is 1. The molecule has 0 unspecified atom stereocenters. The smallest absolute Gasteiger partial charge is 0.274 e. The second kappa shape index (κ2) is 8.33. The highest BCUT2D eigenvalue weighted by Gasteiger charge is 2.10. The first-order valence-electron chi connectivity index (χ1n) is 7.35. The maximum Gasteiger partial charge on any atom is 0.274 e. The number of carbonyl (C=O) groups is 1. The van der Waals surface area contributed by atoms with E-state index in [0.29, 0.717) is 22.3 Å². The first-order chi connectivity index (χ1) is 11.1. The fourth-order valence-corrected chi connectivity index (χ4v) is 2.17. The molecule has 0 radical (unpaired) electrons. The molecule has 0 bridgehead atoms. The number of nitrogens with one attached hydrogen (secondary N) is 2. The zero-order chi connectivity index (χ0) is 16.7. The molecule has 0 spiro atoms. The van der Waals surface area contributed by atoms with Crippen molar-refractivity contribution in [2.24, 2.45) is 0 Å². The molecule has 0 atom stereocenters. The average molecular weight is 335 g/mol. The quantitative estimate of drug-likeness (QED) is 0.756. The number of methoxy groups -OCH3 is 1. The second-order valence-corrected chi connectivity index (χ2v) is 5.28. The summed E-state index contributed by atoms with van der Waals surface area (Å²) in [5.41, 5.74) is 0.853. The van der Waals surface area contributed by atoms with Gasteiger partial charge in [-0.15, -0.1) is 0 Å². The van der Waals surface area contributed by atoms with Crippen LogP contribution in [0.15, 0.2) is 30.6 Å². The zero-order valence-corrected chi connectivity index (χ0v) is 13.9. The molecule has 1 amide bonds. The van der Waals surface area contributed by atoms with Crippen molar-refractivity contribution in [3.63, 3.8) is 0 Å². The van der Waals surface area contributed by atoms with Crippen LogP contribution in [0, 0.1) is 0 Å². The summed E-state index contributed by atoms with van der Waals surface area (Å²) in [5.74, 6) is 0.854. The van der Waals surface area contributed by atoms with Gasteiger partial charge in [0, 0.05) is 18.3 Å². The third kappa shape index (κ3) is 4.82. The van der Waals surface area contributed by atoms with E-state index < -0.39 is 0 Å². The molecule has 0 saturated heterocycles. The maximum atomic E-state index is 12.3. The van der Waals surface area contributed by atoms with Crippen LogP contribution >= 0.6 is 11.6 Å². The van der Waals surface area contributed by atoms with Crippen molar-refractivity contribution in [1.82, 2.24) is 9.97 Å². The Hall–Kier alpha value is -2.34. The first-order valence-corrected chi connectivity index (χ1v) is 7.72. The fraction of sp³-hybridized carbons (Fsp3) is 0.312. The third-order valence-corrected chi connectivity index (χ3v) is 3.44. The zero-order valence-electron chi connectivity index (χ0n) is 13.1. The van der Waals surface area contributed by atoms with E-state index in [9.17, 15) is 4.79 Å². The normalized spacial score (nSPS) is 10.2. The van der Waals surface area contributed by atoms with E-state index in [0.717, 1.165) is 19.4 Å². The Kier molecular flexibility index (Phi) is 6.17. The minimum Gasteiger partial charge on any atom is -0.495 e. The highest BCUT2D eigenvalue weighted by Crippen LogP contribution is 2.27. The van der Waals surface area contributed by atoms with E-state index in [4.69, 9.17) is 16.3 Å². The molecule has 2 aromatic rings. The molecule has 1 heterocycles. The van der Waals surface area contributed by atoms with Crippen molar-refractivity contribution in [3.05, 3.63) is 41.3 Å². The summed E-state index contributed by atoms with van der Waals surface area (Å²) in [4.78, 5) is 20.4. The number of carbonyl (C=O) groups excluding carboxylic acids is 1. The Balaban J connectivity index is 2.05. The second-order valence-electron chi connectivity index (χ2n) is 4.87. The van der Waals surface area contributed by atoms with Crippen molar-refractivity contribution in [1.29, 1.82) is 0 Å². The number of halogens is 1. The van der Waals surface area contributed by atoms with Crippen LogP contribution in [0.4, 0.5) is 11.5 Å². The van der Waals surface area contributed by atoms with E-state index >= 15 is 0 Å². The maximum absolute atomic E-state index is 12.3. The van der Waals surface area contributed by atoms with Crippen molar-refractivity contribution < 1.29 is 9.53 Å². The average Bonchev–Trinajstić information content (AvgIpc) is 2.55. The molecule has 2 N–H and O–H groups in total. The molecule has 1 aromatic carbocycles. The number of amides is 1. The number of hydrogen-bond donors (Lipinski definition) is 2. The third-order valence-electron chi connectivity index (χ3n) is 3.15. The number of nitrogens with zero attached hydrogens (tertiary/aromatic N) is 2. The summed E-state index contributed by atoms with van der Waals surface area (Å²) < 4.78 is 5.08. The van der Waals surface area contributed by atoms with Gasteiger partial charge < -0.3 is 15.4 Å². The van der Waals surface area contributed by atoms with Crippen LogP contribution in [-0.2, 0) is 0 Å². The van der Waals surface area contributed by atoms with E-state index in [2.05, 4.69) is 27.5 Å². The van der Waals surface area contributed by atoms with E-state index in [1.54, 1.807) is 24.3 Å². The minimum atomic E-state index is -0.327. The van der Waals surface area contributed by atoms with Crippen molar-refractivity contribution >= 4 is 29.0 Å². The summed E-state index contributed by atoms with van der Waals surface area (Å²) in [6.07, 6.45) is 3.49. The van der Waals surface area contributed by atoms with Gasteiger partial charge in [0.15, 0.2) is 0 Å². The highest BCUT2D eigenvalue weighted by atomic mass is 35.5. The lowest BCUT2D eigenvalue weighted by atomic mass is 10.2. The molecule has 0 aliphatic rings. The van der Waals surface area contributed by atoms with E-state index in [1.165, 1.54) is 13.4 Å². The lowest BCUT2D eigenvalue weighted by Gasteiger charge is -2.09. The lowest BCUT2D eigenvalue weighted by molar-refractivity contribution is 0.102. The van der Waals surface area contributed by atoms with Gasteiger partial charge in [-0.25, -0.2) is 9.97 Å². The van der Waals surface area contributed by atoms with Gasteiger partial charge in [-0.1, -0.05) is 24.9 Å². The van der Waals surface area contributed by atoms with Gasteiger partial charge in [0.2, 0.25) is 0 Å². The molecule has 1 aromatic heterocycles. The number of aromatic nitrogens is 2. The Morgan fingerprint density at radius 3 is 2.83 bits per heavy atom. The molecule has 0 fully saturated rings. The molecule has 0 aliphatic carbocycles. The molecular weight excluding hydrogens is 316 g/mol. The molecule has 0 saturated carbocycles. The minimum absolute atomic E-state index is 0.283. The van der Waals surface area contributed by atoms with Gasteiger partial charge in [-0.05, 0) is 24.6 Å². The van der Waals surface area contributed by atoms with E-state index in [-0.39, 0.29) is 11.6 Å². The van der Waals surface area contributed by atoms with Gasteiger partial charge in [0.05, 0.1) is 12.1 Å². The van der Waals surface area contributed by atoms with Gasteiger partial charge in [0.1, 0.15) is 23.6 Å². The van der Waals surface area contributed by atoms with Crippen LogP contribution in [0.3, 0.4) is 0 Å². The molecule has 6 nitrogen and oxygen atoms in total. The molecule has 122 valence electrons.